The maximum absolute atomic E-state index is 10.8. The minimum atomic E-state index is -0.121. The average Bonchev–Trinajstić information content (AvgIpc) is 2.39. The first-order valence-corrected chi connectivity index (χ1v) is 7.15. The molecule has 22 heavy (non-hydrogen) atoms. The summed E-state index contributed by atoms with van der Waals surface area (Å²) in [7, 11) is 0. The van der Waals surface area contributed by atoms with E-state index in [2.05, 4.69) is 10.6 Å². The number of rotatable bonds is 6. The molecule has 0 saturated heterocycles. The molecule has 0 fully saturated rings. The third kappa shape index (κ3) is 12.9. The molecular weight excluding hydrogens is 288 g/mol. The van der Waals surface area contributed by atoms with Crippen molar-refractivity contribution in [3.8, 4) is 0 Å². The number of carbonyl (C=O) groups excluding carboxylic acids is 4. The Morgan fingerprint density at radius 3 is 1.09 bits per heavy atom. The molecule has 0 bridgehead atoms. The Morgan fingerprint density at radius 2 is 0.955 bits per heavy atom. The van der Waals surface area contributed by atoms with E-state index < -0.39 is 0 Å². The van der Waals surface area contributed by atoms with Crippen molar-refractivity contribution < 1.29 is 19.2 Å². The summed E-state index contributed by atoms with van der Waals surface area (Å²) >= 11 is 0. The summed E-state index contributed by atoms with van der Waals surface area (Å²) < 4.78 is 0. The fraction of sp³-hybridized carbons (Fsp3) is 0.714. The molecule has 0 spiro atoms. The molecule has 8 nitrogen and oxygen atoms in total. The fourth-order valence-electron chi connectivity index (χ4n) is 1.31. The molecule has 2 N–H and O–H groups in total. The zero-order valence-corrected chi connectivity index (χ0v) is 14.4. The van der Waals surface area contributed by atoms with Crippen LogP contribution in [0.25, 0.3) is 0 Å². The van der Waals surface area contributed by atoms with Gasteiger partial charge in [0.1, 0.15) is 0 Å². The van der Waals surface area contributed by atoms with Gasteiger partial charge in [-0.05, 0) is 13.8 Å². The normalized spacial score (nSPS) is 9.00. The number of hydrogen-bond acceptors (Lipinski definition) is 4. The summed E-state index contributed by atoms with van der Waals surface area (Å²) in [5, 5.41) is 5.09. The Balaban J connectivity index is 0. The maximum Gasteiger partial charge on any atom is 0.220 e. The van der Waals surface area contributed by atoms with Crippen molar-refractivity contribution in [3.05, 3.63) is 0 Å². The smallest absolute Gasteiger partial charge is 0.220 e. The molecule has 0 aliphatic rings. The summed E-state index contributed by atoms with van der Waals surface area (Å²) in [6.45, 7) is 11.4. The third-order valence-electron chi connectivity index (χ3n) is 2.69. The summed E-state index contributed by atoms with van der Waals surface area (Å²) in [6, 6.07) is 0. The van der Waals surface area contributed by atoms with Gasteiger partial charge in [0, 0.05) is 40.8 Å². The molecule has 4 amide bonds. The Kier molecular flexibility index (Phi) is 12.7. The SMILES string of the molecule is CCN(CNC(C)=O)C(C)=O.CCN(CNC(C)=O)C(C)=O. The number of nitrogens with zero attached hydrogens (tertiary/aromatic N) is 2. The van der Waals surface area contributed by atoms with Crippen molar-refractivity contribution in [2.45, 2.75) is 41.5 Å². The maximum atomic E-state index is 10.8. The van der Waals surface area contributed by atoms with E-state index >= 15 is 0 Å². The van der Waals surface area contributed by atoms with Crippen LogP contribution in [0.15, 0.2) is 0 Å². The van der Waals surface area contributed by atoms with E-state index in [4.69, 9.17) is 0 Å². The lowest BCUT2D eigenvalue weighted by molar-refractivity contribution is -0.131. The van der Waals surface area contributed by atoms with Crippen molar-refractivity contribution in [2.24, 2.45) is 0 Å². The Morgan fingerprint density at radius 1 is 0.682 bits per heavy atom. The van der Waals surface area contributed by atoms with Crippen LogP contribution in [-0.2, 0) is 19.2 Å². The molecule has 0 unspecified atom stereocenters. The molecule has 0 atom stereocenters. The molecule has 0 saturated carbocycles. The minimum Gasteiger partial charge on any atom is -0.339 e. The molecule has 0 radical (unpaired) electrons. The first-order chi connectivity index (χ1) is 10.1. The van der Waals surface area contributed by atoms with E-state index in [0.717, 1.165) is 0 Å². The summed E-state index contributed by atoms with van der Waals surface area (Å²) in [4.78, 5) is 45.5. The number of hydrogen-bond donors (Lipinski definition) is 2. The van der Waals surface area contributed by atoms with Gasteiger partial charge in [0.05, 0.1) is 13.3 Å². The zero-order chi connectivity index (χ0) is 17.7. The second-order valence-corrected chi connectivity index (χ2v) is 4.53. The Hall–Kier alpha value is -2.12. The van der Waals surface area contributed by atoms with Gasteiger partial charge in [-0.1, -0.05) is 0 Å². The number of nitrogens with one attached hydrogen (secondary N) is 2. The fourth-order valence-corrected chi connectivity index (χ4v) is 1.31. The minimum absolute atomic E-state index is 0.0266. The standard InChI is InChI=1S/2C7H14N2O2/c2*1-4-9(7(3)11)5-8-6(2)10/h2*4-5H2,1-3H3,(H,8,10). The van der Waals surface area contributed by atoms with Gasteiger partial charge in [-0.25, -0.2) is 0 Å². The first kappa shape index (κ1) is 22.2. The van der Waals surface area contributed by atoms with Gasteiger partial charge < -0.3 is 20.4 Å². The zero-order valence-electron chi connectivity index (χ0n) is 14.4. The van der Waals surface area contributed by atoms with Crippen LogP contribution in [0.3, 0.4) is 0 Å². The molecule has 0 aliphatic carbocycles. The molecule has 0 heterocycles. The van der Waals surface area contributed by atoms with Gasteiger partial charge >= 0.3 is 0 Å². The van der Waals surface area contributed by atoms with Gasteiger partial charge in [-0.3, -0.25) is 19.2 Å². The third-order valence-corrected chi connectivity index (χ3v) is 2.69. The average molecular weight is 316 g/mol. The van der Waals surface area contributed by atoms with Gasteiger partial charge in [0.25, 0.3) is 0 Å². The molecule has 0 aromatic heterocycles. The predicted molar refractivity (Wildman–Crippen MR) is 83.5 cm³/mol. The molecule has 0 rings (SSSR count). The second-order valence-electron chi connectivity index (χ2n) is 4.53. The van der Waals surface area contributed by atoms with Gasteiger partial charge in [-0.2, -0.15) is 0 Å². The van der Waals surface area contributed by atoms with E-state index in [9.17, 15) is 19.2 Å². The molecule has 0 aliphatic heterocycles. The molecular formula is C14H28N4O4. The predicted octanol–water partition coefficient (Wildman–Crippen LogP) is -0.103. The van der Waals surface area contributed by atoms with Crippen molar-refractivity contribution in [3.63, 3.8) is 0 Å². The lowest BCUT2D eigenvalue weighted by atomic mass is 10.5. The van der Waals surface area contributed by atoms with Crippen LogP contribution in [0, 0.1) is 0 Å². The summed E-state index contributed by atoms with van der Waals surface area (Å²) in [6.07, 6.45) is 0. The van der Waals surface area contributed by atoms with E-state index in [1.807, 2.05) is 13.8 Å². The Bertz CT molecular complexity index is 349. The van der Waals surface area contributed by atoms with E-state index in [-0.39, 0.29) is 23.6 Å². The van der Waals surface area contributed by atoms with E-state index in [1.54, 1.807) is 9.80 Å². The lowest BCUT2D eigenvalue weighted by Gasteiger charge is -2.18. The van der Waals surface area contributed by atoms with E-state index in [1.165, 1.54) is 27.7 Å². The highest BCUT2D eigenvalue weighted by atomic mass is 16.2. The van der Waals surface area contributed by atoms with Crippen LogP contribution in [0.5, 0.6) is 0 Å². The number of amides is 4. The lowest BCUT2D eigenvalue weighted by Crippen LogP contribution is -2.39. The molecule has 8 heteroatoms. The van der Waals surface area contributed by atoms with Gasteiger partial charge in [-0.15, -0.1) is 0 Å². The monoisotopic (exact) mass is 316 g/mol. The van der Waals surface area contributed by atoms with Crippen molar-refractivity contribution >= 4 is 23.6 Å². The van der Waals surface area contributed by atoms with Gasteiger partial charge in [0.2, 0.25) is 23.6 Å². The highest BCUT2D eigenvalue weighted by molar-refractivity contribution is 5.76. The molecule has 128 valence electrons. The van der Waals surface area contributed by atoms with Crippen molar-refractivity contribution in [1.82, 2.24) is 20.4 Å². The van der Waals surface area contributed by atoms with Crippen LogP contribution in [0.1, 0.15) is 41.5 Å². The van der Waals surface area contributed by atoms with Crippen LogP contribution < -0.4 is 10.6 Å². The number of carbonyl (C=O) groups is 4. The largest absolute Gasteiger partial charge is 0.339 e. The van der Waals surface area contributed by atoms with Crippen molar-refractivity contribution in [1.29, 1.82) is 0 Å². The summed E-state index contributed by atoms with van der Waals surface area (Å²) in [5.41, 5.74) is 0. The highest BCUT2D eigenvalue weighted by Crippen LogP contribution is 1.85. The quantitative estimate of drug-likeness (QED) is 0.668. The first-order valence-electron chi connectivity index (χ1n) is 7.15. The Labute approximate surface area is 132 Å². The summed E-state index contributed by atoms with van der Waals surface area (Å²) in [5.74, 6) is -0.295. The van der Waals surface area contributed by atoms with Crippen LogP contribution in [0.4, 0.5) is 0 Å². The topological polar surface area (TPSA) is 98.8 Å². The van der Waals surface area contributed by atoms with Crippen LogP contribution >= 0.6 is 0 Å². The second kappa shape index (κ2) is 12.6. The van der Waals surface area contributed by atoms with E-state index in [0.29, 0.717) is 26.4 Å². The van der Waals surface area contributed by atoms with Crippen LogP contribution in [0.2, 0.25) is 0 Å². The highest BCUT2D eigenvalue weighted by Gasteiger charge is 2.05. The van der Waals surface area contributed by atoms with Crippen molar-refractivity contribution in [2.75, 3.05) is 26.4 Å². The molecule has 0 aromatic carbocycles. The molecule has 0 aromatic rings. The van der Waals surface area contributed by atoms with Gasteiger partial charge in [0.15, 0.2) is 0 Å². The van der Waals surface area contributed by atoms with Crippen LogP contribution in [-0.4, -0.2) is 59.9 Å².